The van der Waals surface area contributed by atoms with Crippen LogP contribution in [0.1, 0.15) is 72.4 Å². The molecule has 2 aromatic rings. The van der Waals surface area contributed by atoms with E-state index in [1.165, 1.54) is 6.07 Å². The van der Waals surface area contributed by atoms with Crippen molar-refractivity contribution in [3.63, 3.8) is 0 Å². The van der Waals surface area contributed by atoms with Crippen molar-refractivity contribution in [1.29, 1.82) is 0 Å². The summed E-state index contributed by atoms with van der Waals surface area (Å²) in [7, 11) is 0. The van der Waals surface area contributed by atoms with Crippen LogP contribution >= 0.6 is 0 Å². The van der Waals surface area contributed by atoms with Gasteiger partial charge in [-0.15, -0.1) is 0 Å². The van der Waals surface area contributed by atoms with E-state index in [4.69, 9.17) is 10.5 Å². The number of halogens is 1. The van der Waals surface area contributed by atoms with Crippen LogP contribution in [0, 0.1) is 25.6 Å². The van der Waals surface area contributed by atoms with Crippen LogP contribution in [0.25, 0.3) is 11.3 Å². The summed E-state index contributed by atoms with van der Waals surface area (Å²) in [5.41, 5.74) is 8.26. The third-order valence-corrected chi connectivity index (χ3v) is 5.80. The molecule has 0 aliphatic heterocycles. The molecule has 1 aromatic carbocycles. The number of benzene rings is 1. The maximum atomic E-state index is 15.0. The van der Waals surface area contributed by atoms with Crippen molar-refractivity contribution in [2.45, 2.75) is 58.8 Å². The summed E-state index contributed by atoms with van der Waals surface area (Å²) in [6.07, 6.45) is 3.89. The molecule has 1 aliphatic rings. The molecular formula is C23H28FN3O3. The lowest BCUT2D eigenvalue weighted by atomic mass is 9.77. The first-order chi connectivity index (χ1) is 14.3. The van der Waals surface area contributed by atoms with Crippen molar-refractivity contribution in [2.75, 3.05) is 6.61 Å². The zero-order chi connectivity index (χ0) is 21.8. The summed E-state index contributed by atoms with van der Waals surface area (Å²) in [6.45, 7) is 5.65. The Hall–Kier alpha value is -2.83. The van der Waals surface area contributed by atoms with Crippen LogP contribution in [-0.4, -0.2) is 28.5 Å². The number of hydrogen-bond acceptors (Lipinski definition) is 5. The maximum absolute atomic E-state index is 15.0. The summed E-state index contributed by atoms with van der Waals surface area (Å²) in [6, 6.07) is 5.07. The first-order valence-corrected chi connectivity index (χ1v) is 10.4. The number of hydrogen-bond donors (Lipinski definition) is 1. The third kappa shape index (κ3) is 4.83. The SMILES string of the molecule is CCOC(=O)C[C@H]1CC[C@H](c2ccc(-c3nc(C(N)=O)c(C)nc3C)cc2F)CC1. The molecule has 2 N–H and O–H groups in total. The van der Waals surface area contributed by atoms with Gasteiger partial charge < -0.3 is 10.5 Å². The van der Waals surface area contributed by atoms with E-state index in [0.29, 0.717) is 47.2 Å². The molecule has 0 spiro atoms. The van der Waals surface area contributed by atoms with E-state index >= 15 is 0 Å². The fourth-order valence-corrected chi connectivity index (χ4v) is 4.28. The zero-order valence-corrected chi connectivity index (χ0v) is 17.7. The van der Waals surface area contributed by atoms with Gasteiger partial charge in [0.15, 0.2) is 0 Å². The number of aromatic nitrogens is 2. The fourth-order valence-electron chi connectivity index (χ4n) is 4.28. The van der Waals surface area contributed by atoms with Crippen LogP contribution in [0.4, 0.5) is 4.39 Å². The average Bonchev–Trinajstić information content (AvgIpc) is 2.68. The third-order valence-electron chi connectivity index (χ3n) is 5.80. The van der Waals surface area contributed by atoms with E-state index in [-0.39, 0.29) is 23.4 Å². The van der Waals surface area contributed by atoms with Gasteiger partial charge in [0.1, 0.15) is 11.5 Å². The predicted molar refractivity (Wildman–Crippen MR) is 111 cm³/mol. The van der Waals surface area contributed by atoms with Gasteiger partial charge in [0, 0.05) is 12.0 Å². The molecule has 1 amide bonds. The van der Waals surface area contributed by atoms with Crippen molar-refractivity contribution in [3.8, 4) is 11.3 Å². The van der Waals surface area contributed by atoms with E-state index in [1.807, 2.05) is 6.07 Å². The Morgan fingerprint density at radius 3 is 2.43 bits per heavy atom. The van der Waals surface area contributed by atoms with Crippen LogP contribution in [0.15, 0.2) is 18.2 Å². The molecule has 1 saturated carbocycles. The molecule has 1 heterocycles. The van der Waals surface area contributed by atoms with Crippen LogP contribution in [0.5, 0.6) is 0 Å². The number of amides is 1. The van der Waals surface area contributed by atoms with Crippen molar-refractivity contribution in [2.24, 2.45) is 11.7 Å². The molecule has 6 nitrogen and oxygen atoms in total. The van der Waals surface area contributed by atoms with E-state index in [2.05, 4.69) is 9.97 Å². The first kappa shape index (κ1) is 21.9. The molecule has 0 radical (unpaired) electrons. The molecule has 0 saturated heterocycles. The standard InChI is InChI=1S/C23H28FN3O3/c1-4-30-20(28)11-15-5-7-16(8-6-15)18-10-9-17(12-19(18)24)21-13(2)26-14(3)22(27-21)23(25)29/h9-10,12,15-16H,4-8,11H2,1-3H3,(H2,25,29)/t15-,16-. The van der Waals surface area contributed by atoms with Gasteiger partial charge in [-0.2, -0.15) is 0 Å². The smallest absolute Gasteiger partial charge is 0.306 e. The minimum atomic E-state index is -0.655. The number of rotatable bonds is 6. The Balaban J connectivity index is 1.75. The zero-order valence-electron chi connectivity index (χ0n) is 17.7. The number of primary amides is 1. The predicted octanol–water partition coefficient (Wildman–Crippen LogP) is 4.23. The van der Waals surface area contributed by atoms with Crippen LogP contribution in [0.2, 0.25) is 0 Å². The lowest BCUT2D eigenvalue weighted by Gasteiger charge is -2.28. The highest BCUT2D eigenvalue weighted by atomic mass is 19.1. The fraction of sp³-hybridized carbons (Fsp3) is 0.478. The summed E-state index contributed by atoms with van der Waals surface area (Å²) in [4.78, 5) is 31.9. The summed E-state index contributed by atoms with van der Waals surface area (Å²) in [5, 5.41) is 0. The molecule has 3 rings (SSSR count). The van der Waals surface area contributed by atoms with Crippen LogP contribution < -0.4 is 5.73 Å². The number of ether oxygens (including phenoxy) is 1. The average molecular weight is 413 g/mol. The van der Waals surface area contributed by atoms with E-state index in [1.54, 1.807) is 26.8 Å². The Labute approximate surface area is 176 Å². The van der Waals surface area contributed by atoms with E-state index in [9.17, 15) is 14.0 Å². The van der Waals surface area contributed by atoms with Gasteiger partial charge in [0.05, 0.1) is 23.7 Å². The number of aryl methyl sites for hydroxylation is 2. The first-order valence-electron chi connectivity index (χ1n) is 10.4. The molecule has 0 bridgehead atoms. The second kappa shape index (κ2) is 9.32. The second-order valence-electron chi connectivity index (χ2n) is 7.92. The molecule has 0 unspecified atom stereocenters. The van der Waals surface area contributed by atoms with Gasteiger partial charge >= 0.3 is 5.97 Å². The van der Waals surface area contributed by atoms with Gasteiger partial charge in [-0.3, -0.25) is 14.6 Å². The summed E-state index contributed by atoms with van der Waals surface area (Å²) < 4.78 is 20.0. The maximum Gasteiger partial charge on any atom is 0.306 e. The van der Waals surface area contributed by atoms with Crippen molar-refractivity contribution in [1.82, 2.24) is 9.97 Å². The van der Waals surface area contributed by atoms with Gasteiger partial charge in [-0.1, -0.05) is 12.1 Å². The summed E-state index contributed by atoms with van der Waals surface area (Å²) in [5.74, 6) is -0.660. The van der Waals surface area contributed by atoms with Crippen molar-refractivity contribution < 1.29 is 18.7 Å². The molecule has 7 heteroatoms. The topological polar surface area (TPSA) is 95.2 Å². The highest BCUT2D eigenvalue weighted by Crippen LogP contribution is 2.39. The normalized spacial score (nSPS) is 18.8. The molecule has 1 fully saturated rings. The highest BCUT2D eigenvalue weighted by Gasteiger charge is 2.26. The lowest BCUT2D eigenvalue weighted by molar-refractivity contribution is -0.144. The minimum Gasteiger partial charge on any atom is -0.466 e. The van der Waals surface area contributed by atoms with Crippen LogP contribution in [-0.2, 0) is 9.53 Å². The molecule has 1 aliphatic carbocycles. The van der Waals surface area contributed by atoms with Crippen LogP contribution in [0.3, 0.4) is 0 Å². The van der Waals surface area contributed by atoms with E-state index < -0.39 is 5.91 Å². The number of nitrogens with two attached hydrogens (primary N) is 1. The Kier molecular flexibility index (Phi) is 6.80. The lowest BCUT2D eigenvalue weighted by Crippen LogP contribution is -2.18. The van der Waals surface area contributed by atoms with Crippen molar-refractivity contribution in [3.05, 3.63) is 46.7 Å². The highest BCUT2D eigenvalue weighted by molar-refractivity contribution is 5.92. The van der Waals surface area contributed by atoms with Crippen molar-refractivity contribution >= 4 is 11.9 Å². The van der Waals surface area contributed by atoms with Gasteiger partial charge in [0.25, 0.3) is 5.91 Å². The molecular weight excluding hydrogens is 385 g/mol. The number of carbonyl (C=O) groups is 2. The number of nitrogens with zero attached hydrogens (tertiary/aromatic N) is 2. The van der Waals surface area contributed by atoms with Gasteiger partial charge in [-0.25, -0.2) is 9.37 Å². The van der Waals surface area contributed by atoms with E-state index in [0.717, 1.165) is 25.7 Å². The Bertz CT molecular complexity index is 953. The van der Waals surface area contributed by atoms with Gasteiger partial charge in [0.2, 0.25) is 0 Å². The Morgan fingerprint density at radius 1 is 1.13 bits per heavy atom. The largest absolute Gasteiger partial charge is 0.466 e. The molecule has 0 atom stereocenters. The molecule has 160 valence electrons. The summed E-state index contributed by atoms with van der Waals surface area (Å²) >= 11 is 0. The quantitative estimate of drug-likeness (QED) is 0.715. The second-order valence-corrected chi connectivity index (χ2v) is 7.92. The number of carbonyl (C=O) groups excluding carboxylic acids is 2. The van der Waals surface area contributed by atoms with Gasteiger partial charge in [-0.05, 0) is 69.9 Å². The minimum absolute atomic E-state index is 0.0972. The molecule has 30 heavy (non-hydrogen) atoms. The number of esters is 1. The Morgan fingerprint density at radius 2 is 1.83 bits per heavy atom. The molecule has 1 aromatic heterocycles. The monoisotopic (exact) mass is 413 g/mol.